The molecule has 1 saturated heterocycles. The second kappa shape index (κ2) is 8.62. The molecule has 9 heteroatoms. The second-order valence-electron chi connectivity index (χ2n) is 6.64. The number of aromatic nitrogens is 1. The largest absolute Gasteiger partial charge is 0.508 e. The van der Waals surface area contributed by atoms with Crippen molar-refractivity contribution >= 4 is 45.3 Å². The summed E-state index contributed by atoms with van der Waals surface area (Å²) in [6.45, 7) is 2.68. The molecule has 3 heterocycles. The average molecular weight is 429 g/mol. The number of aromatic hydroxyl groups is 1. The van der Waals surface area contributed by atoms with Gasteiger partial charge >= 0.3 is 0 Å². The van der Waals surface area contributed by atoms with Gasteiger partial charge in [0, 0.05) is 43.3 Å². The summed E-state index contributed by atoms with van der Waals surface area (Å²) in [6, 6.07) is 10.7. The molecular formula is C20H20N4O3S2. The van der Waals surface area contributed by atoms with E-state index in [0.29, 0.717) is 41.9 Å². The van der Waals surface area contributed by atoms with Crippen LogP contribution in [0.3, 0.4) is 0 Å². The minimum absolute atomic E-state index is 0.0296. The molecule has 1 aliphatic heterocycles. The van der Waals surface area contributed by atoms with Crippen LogP contribution in [-0.2, 0) is 11.2 Å². The smallest absolute Gasteiger partial charge is 0.267 e. The van der Waals surface area contributed by atoms with Crippen molar-refractivity contribution in [2.24, 2.45) is 0 Å². The third-order valence-electron chi connectivity index (χ3n) is 4.68. The van der Waals surface area contributed by atoms with Crippen LogP contribution in [0.1, 0.15) is 15.4 Å². The Kier molecular flexibility index (Phi) is 5.77. The van der Waals surface area contributed by atoms with Gasteiger partial charge < -0.3 is 14.9 Å². The number of piperazine rings is 1. The first kappa shape index (κ1) is 19.4. The van der Waals surface area contributed by atoms with Gasteiger partial charge in [-0.25, -0.2) is 4.98 Å². The zero-order valence-electron chi connectivity index (χ0n) is 15.6. The highest BCUT2D eigenvalue weighted by atomic mass is 32.1. The number of phenols is 1. The van der Waals surface area contributed by atoms with Crippen LogP contribution in [0.2, 0.25) is 0 Å². The first-order chi connectivity index (χ1) is 14.1. The summed E-state index contributed by atoms with van der Waals surface area (Å²) >= 11 is 2.69. The van der Waals surface area contributed by atoms with Crippen LogP contribution in [0.25, 0.3) is 0 Å². The maximum atomic E-state index is 12.6. The molecule has 1 aliphatic rings. The zero-order valence-corrected chi connectivity index (χ0v) is 17.2. The van der Waals surface area contributed by atoms with Crippen LogP contribution in [0.4, 0.5) is 10.8 Å². The van der Waals surface area contributed by atoms with Gasteiger partial charge in [-0.1, -0.05) is 12.1 Å². The minimum atomic E-state index is -0.185. The molecule has 0 bridgehead atoms. The summed E-state index contributed by atoms with van der Waals surface area (Å²) in [7, 11) is 0. The lowest BCUT2D eigenvalue weighted by Crippen LogP contribution is -2.49. The molecule has 0 saturated carbocycles. The van der Waals surface area contributed by atoms with E-state index < -0.39 is 0 Å². The van der Waals surface area contributed by atoms with E-state index in [1.54, 1.807) is 18.2 Å². The predicted octanol–water partition coefficient (Wildman–Crippen LogP) is 3.05. The van der Waals surface area contributed by atoms with E-state index in [9.17, 15) is 14.7 Å². The summed E-state index contributed by atoms with van der Waals surface area (Å²) in [4.78, 5) is 33.7. The van der Waals surface area contributed by atoms with E-state index in [0.717, 1.165) is 5.69 Å². The number of anilines is 2. The van der Waals surface area contributed by atoms with Gasteiger partial charge in [-0.3, -0.25) is 14.9 Å². The number of carbonyl (C=O) groups is 2. The fourth-order valence-electron chi connectivity index (χ4n) is 3.18. The number of phenolic OH excluding ortho intramolecular Hbond substituents is 1. The molecule has 0 radical (unpaired) electrons. The Balaban J connectivity index is 1.29. The fraction of sp³-hybridized carbons (Fsp3) is 0.250. The van der Waals surface area contributed by atoms with Crippen molar-refractivity contribution in [1.82, 2.24) is 9.88 Å². The summed E-state index contributed by atoms with van der Waals surface area (Å²) in [5.41, 5.74) is 1.62. The van der Waals surface area contributed by atoms with Crippen molar-refractivity contribution in [3.63, 3.8) is 0 Å². The summed E-state index contributed by atoms with van der Waals surface area (Å²) < 4.78 is 0. The quantitative estimate of drug-likeness (QED) is 0.652. The molecular weight excluding hydrogens is 408 g/mol. The van der Waals surface area contributed by atoms with E-state index in [-0.39, 0.29) is 24.0 Å². The molecule has 1 aromatic carbocycles. The van der Waals surface area contributed by atoms with Crippen molar-refractivity contribution in [2.45, 2.75) is 6.42 Å². The Morgan fingerprint density at radius 3 is 2.66 bits per heavy atom. The molecule has 7 nitrogen and oxygen atoms in total. The summed E-state index contributed by atoms with van der Waals surface area (Å²) in [5, 5.41) is 16.6. The van der Waals surface area contributed by atoms with Crippen LogP contribution < -0.4 is 10.2 Å². The van der Waals surface area contributed by atoms with Crippen LogP contribution in [0, 0.1) is 0 Å². The molecule has 2 N–H and O–H groups in total. The first-order valence-electron chi connectivity index (χ1n) is 9.19. The molecule has 4 rings (SSSR count). The molecule has 3 aromatic rings. The number of benzene rings is 1. The Morgan fingerprint density at radius 2 is 1.93 bits per heavy atom. The minimum Gasteiger partial charge on any atom is -0.508 e. The van der Waals surface area contributed by atoms with Crippen LogP contribution in [0.5, 0.6) is 5.75 Å². The predicted molar refractivity (Wildman–Crippen MR) is 115 cm³/mol. The number of nitrogens with one attached hydrogen (secondary N) is 1. The Labute approximate surface area is 176 Å². The Bertz CT molecular complexity index is 995. The van der Waals surface area contributed by atoms with Gasteiger partial charge in [-0.15, -0.1) is 22.7 Å². The lowest BCUT2D eigenvalue weighted by atomic mass is 10.2. The molecule has 2 aromatic heterocycles. The highest BCUT2D eigenvalue weighted by molar-refractivity contribution is 7.14. The molecule has 2 amide bonds. The van der Waals surface area contributed by atoms with E-state index in [2.05, 4.69) is 15.2 Å². The Hall–Kier alpha value is -2.91. The Morgan fingerprint density at radius 1 is 1.10 bits per heavy atom. The van der Waals surface area contributed by atoms with Crippen molar-refractivity contribution < 1.29 is 14.7 Å². The zero-order chi connectivity index (χ0) is 20.2. The van der Waals surface area contributed by atoms with E-state index in [1.807, 2.05) is 33.9 Å². The molecule has 150 valence electrons. The number of amides is 2. The third kappa shape index (κ3) is 4.75. The normalized spacial score (nSPS) is 14.1. The standard InChI is InChI=1S/C20H20N4O3S2/c25-16-4-1-3-15(12-16)23-6-8-24(9-7-23)18(26)11-14-13-29-20(21-14)22-19(27)17-5-2-10-28-17/h1-5,10,12-13,25H,6-9,11H2,(H,21,22,27). The SMILES string of the molecule is O=C(Nc1nc(CC(=O)N2CCN(c3cccc(O)c3)CC2)cs1)c1cccs1. The lowest BCUT2D eigenvalue weighted by molar-refractivity contribution is -0.130. The lowest BCUT2D eigenvalue weighted by Gasteiger charge is -2.36. The van der Waals surface area contributed by atoms with Gasteiger partial charge in [0.1, 0.15) is 5.75 Å². The third-order valence-corrected chi connectivity index (χ3v) is 6.35. The maximum absolute atomic E-state index is 12.6. The van der Waals surface area contributed by atoms with Gasteiger partial charge in [0.15, 0.2) is 5.13 Å². The fourth-order valence-corrected chi connectivity index (χ4v) is 4.51. The maximum Gasteiger partial charge on any atom is 0.267 e. The molecule has 0 aliphatic carbocycles. The van der Waals surface area contributed by atoms with Gasteiger partial charge in [-0.05, 0) is 23.6 Å². The van der Waals surface area contributed by atoms with Crippen LogP contribution in [-0.4, -0.2) is 53.0 Å². The number of carbonyl (C=O) groups excluding carboxylic acids is 2. The molecule has 29 heavy (non-hydrogen) atoms. The van der Waals surface area contributed by atoms with Gasteiger partial charge in [0.2, 0.25) is 5.91 Å². The second-order valence-corrected chi connectivity index (χ2v) is 8.45. The van der Waals surface area contributed by atoms with Gasteiger partial charge in [0.25, 0.3) is 5.91 Å². The van der Waals surface area contributed by atoms with Gasteiger partial charge in [0.05, 0.1) is 17.0 Å². The van der Waals surface area contributed by atoms with Crippen molar-refractivity contribution in [2.75, 3.05) is 36.4 Å². The number of hydrogen-bond acceptors (Lipinski definition) is 7. The topological polar surface area (TPSA) is 85.8 Å². The first-order valence-corrected chi connectivity index (χ1v) is 11.0. The summed E-state index contributed by atoms with van der Waals surface area (Å²) in [6.07, 6.45) is 0.220. The van der Waals surface area contributed by atoms with Crippen LogP contribution >= 0.6 is 22.7 Å². The number of thiophene rings is 1. The number of nitrogens with zero attached hydrogens (tertiary/aromatic N) is 3. The van der Waals surface area contributed by atoms with E-state index in [1.165, 1.54) is 22.7 Å². The molecule has 0 unspecified atom stereocenters. The van der Waals surface area contributed by atoms with E-state index >= 15 is 0 Å². The monoisotopic (exact) mass is 428 g/mol. The highest BCUT2D eigenvalue weighted by Crippen LogP contribution is 2.22. The molecule has 1 fully saturated rings. The number of rotatable bonds is 5. The molecule has 0 spiro atoms. The number of hydrogen-bond donors (Lipinski definition) is 2. The highest BCUT2D eigenvalue weighted by Gasteiger charge is 2.22. The molecule has 0 atom stereocenters. The van der Waals surface area contributed by atoms with Crippen molar-refractivity contribution in [3.8, 4) is 5.75 Å². The van der Waals surface area contributed by atoms with Crippen LogP contribution in [0.15, 0.2) is 47.2 Å². The van der Waals surface area contributed by atoms with Crippen molar-refractivity contribution in [1.29, 1.82) is 0 Å². The van der Waals surface area contributed by atoms with Crippen molar-refractivity contribution in [3.05, 3.63) is 57.7 Å². The van der Waals surface area contributed by atoms with Gasteiger partial charge in [-0.2, -0.15) is 0 Å². The average Bonchev–Trinajstić information content (AvgIpc) is 3.40. The van der Waals surface area contributed by atoms with E-state index in [4.69, 9.17) is 0 Å². The number of thiazole rings is 1. The summed E-state index contributed by atoms with van der Waals surface area (Å²) in [5.74, 6) is 0.0869.